The second-order valence-electron chi connectivity index (χ2n) is 5.15. The van der Waals surface area contributed by atoms with Crippen molar-refractivity contribution in [1.29, 1.82) is 5.26 Å². The molecule has 1 saturated heterocycles. The topological polar surface area (TPSA) is 56.1 Å². The lowest BCUT2D eigenvalue weighted by atomic mass is 10.2. The summed E-state index contributed by atoms with van der Waals surface area (Å²) >= 11 is 0. The standard InChI is InChI=1S/C16H16FN5/c17-14-4-1-2-5-15(14)21-6-3-7-22(9-8-21)16-12-19-11-13(10-18)20-16/h1-2,4-5,11-12H,3,6-9H2. The van der Waals surface area contributed by atoms with Gasteiger partial charge in [-0.15, -0.1) is 0 Å². The molecule has 6 heteroatoms. The minimum atomic E-state index is -0.192. The van der Waals surface area contributed by atoms with Crippen LogP contribution in [-0.2, 0) is 0 Å². The molecule has 1 aliphatic heterocycles. The van der Waals surface area contributed by atoms with E-state index in [4.69, 9.17) is 5.26 Å². The van der Waals surface area contributed by atoms with Crippen molar-refractivity contribution in [3.8, 4) is 6.07 Å². The van der Waals surface area contributed by atoms with E-state index >= 15 is 0 Å². The second-order valence-corrected chi connectivity index (χ2v) is 5.15. The van der Waals surface area contributed by atoms with E-state index in [-0.39, 0.29) is 5.82 Å². The molecule has 5 nitrogen and oxygen atoms in total. The van der Waals surface area contributed by atoms with Crippen LogP contribution in [0.1, 0.15) is 12.1 Å². The first-order valence-corrected chi connectivity index (χ1v) is 7.24. The molecule has 0 amide bonds. The molecule has 0 spiro atoms. The van der Waals surface area contributed by atoms with Crippen LogP contribution >= 0.6 is 0 Å². The number of para-hydroxylation sites is 1. The molecule has 0 saturated carbocycles. The molecule has 2 heterocycles. The van der Waals surface area contributed by atoms with Crippen LogP contribution < -0.4 is 9.80 Å². The summed E-state index contributed by atoms with van der Waals surface area (Å²) in [6, 6.07) is 8.85. The highest BCUT2D eigenvalue weighted by Gasteiger charge is 2.18. The monoisotopic (exact) mass is 297 g/mol. The van der Waals surface area contributed by atoms with E-state index in [2.05, 4.69) is 19.8 Å². The zero-order valence-electron chi connectivity index (χ0n) is 12.1. The summed E-state index contributed by atoms with van der Waals surface area (Å²) in [5.74, 6) is 0.511. The van der Waals surface area contributed by atoms with Gasteiger partial charge in [-0.1, -0.05) is 12.1 Å². The number of hydrogen-bond donors (Lipinski definition) is 0. The Labute approximate surface area is 128 Å². The van der Waals surface area contributed by atoms with Gasteiger partial charge in [0, 0.05) is 26.2 Å². The Morgan fingerprint density at radius 3 is 2.64 bits per heavy atom. The van der Waals surface area contributed by atoms with Crippen LogP contribution in [0.4, 0.5) is 15.9 Å². The number of nitrogens with zero attached hydrogens (tertiary/aromatic N) is 5. The molecule has 0 aliphatic carbocycles. The highest BCUT2D eigenvalue weighted by molar-refractivity contribution is 5.49. The third-order valence-corrected chi connectivity index (χ3v) is 3.75. The normalized spacial score (nSPS) is 15.3. The van der Waals surface area contributed by atoms with E-state index in [1.54, 1.807) is 18.3 Å². The lowest BCUT2D eigenvalue weighted by molar-refractivity contribution is 0.618. The van der Waals surface area contributed by atoms with E-state index in [1.807, 2.05) is 12.1 Å². The van der Waals surface area contributed by atoms with Gasteiger partial charge in [0.2, 0.25) is 0 Å². The van der Waals surface area contributed by atoms with Gasteiger partial charge < -0.3 is 9.80 Å². The van der Waals surface area contributed by atoms with Crippen molar-refractivity contribution in [3.63, 3.8) is 0 Å². The third-order valence-electron chi connectivity index (χ3n) is 3.75. The van der Waals surface area contributed by atoms with E-state index in [1.165, 1.54) is 12.3 Å². The van der Waals surface area contributed by atoms with Crippen molar-refractivity contribution in [2.24, 2.45) is 0 Å². The summed E-state index contributed by atoms with van der Waals surface area (Å²) in [5, 5.41) is 8.92. The number of hydrogen-bond acceptors (Lipinski definition) is 5. The zero-order chi connectivity index (χ0) is 15.4. The van der Waals surface area contributed by atoms with E-state index < -0.39 is 0 Å². The average molecular weight is 297 g/mol. The van der Waals surface area contributed by atoms with Gasteiger partial charge in [0.05, 0.1) is 18.1 Å². The highest BCUT2D eigenvalue weighted by atomic mass is 19.1. The molecular weight excluding hydrogens is 281 g/mol. The van der Waals surface area contributed by atoms with Crippen LogP contribution in [0, 0.1) is 17.1 Å². The summed E-state index contributed by atoms with van der Waals surface area (Å²) in [6.45, 7) is 3.04. The molecule has 0 bridgehead atoms. The van der Waals surface area contributed by atoms with Gasteiger partial charge in [0.15, 0.2) is 5.69 Å². The first-order valence-electron chi connectivity index (χ1n) is 7.24. The van der Waals surface area contributed by atoms with E-state index in [9.17, 15) is 4.39 Å². The maximum Gasteiger partial charge on any atom is 0.161 e. The van der Waals surface area contributed by atoms with Gasteiger partial charge in [-0.05, 0) is 18.6 Å². The molecule has 112 valence electrons. The Kier molecular flexibility index (Phi) is 4.15. The van der Waals surface area contributed by atoms with Gasteiger partial charge in [-0.2, -0.15) is 5.26 Å². The number of aromatic nitrogens is 2. The van der Waals surface area contributed by atoms with Crippen LogP contribution in [0.15, 0.2) is 36.7 Å². The first kappa shape index (κ1) is 14.3. The fraction of sp³-hybridized carbons (Fsp3) is 0.312. The third kappa shape index (κ3) is 2.98. The lowest BCUT2D eigenvalue weighted by Gasteiger charge is -2.24. The summed E-state index contributed by atoms with van der Waals surface area (Å²) < 4.78 is 13.9. The fourth-order valence-electron chi connectivity index (χ4n) is 2.66. The van der Waals surface area contributed by atoms with Crippen molar-refractivity contribution in [3.05, 3.63) is 48.2 Å². The van der Waals surface area contributed by atoms with Gasteiger partial charge in [0.25, 0.3) is 0 Å². The van der Waals surface area contributed by atoms with Crippen molar-refractivity contribution in [2.45, 2.75) is 6.42 Å². The SMILES string of the molecule is N#Cc1cncc(N2CCCN(c3ccccc3F)CC2)n1. The molecule has 1 aliphatic rings. The fourth-order valence-corrected chi connectivity index (χ4v) is 2.66. The molecule has 0 N–H and O–H groups in total. The van der Waals surface area contributed by atoms with Gasteiger partial charge in [-0.3, -0.25) is 4.98 Å². The Hall–Kier alpha value is -2.68. The summed E-state index contributed by atoms with van der Waals surface area (Å²) in [4.78, 5) is 12.5. The minimum absolute atomic E-state index is 0.192. The smallest absolute Gasteiger partial charge is 0.161 e. The molecule has 0 radical (unpaired) electrons. The van der Waals surface area contributed by atoms with Crippen molar-refractivity contribution >= 4 is 11.5 Å². The number of halogens is 1. The van der Waals surface area contributed by atoms with Gasteiger partial charge >= 0.3 is 0 Å². The Bertz CT molecular complexity index is 697. The van der Waals surface area contributed by atoms with Gasteiger partial charge in [0.1, 0.15) is 17.7 Å². The van der Waals surface area contributed by atoms with Gasteiger partial charge in [-0.25, -0.2) is 9.37 Å². The predicted molar refractivity (Wildman–Crippen MR) is 82.2 cm³/mol. The molecule has 1 fully saturated rings. The molecule has 0 unspecified atom stereocenters. The molecule has 1 aromatic carbocycles. The quantitative estimate of drug-likeness (QED) is 0.850. The predicted octanol–water partition coefficient (Wildman–Crippen LogP) is 2.20. The van der Waals surface area contributed by atoms with Crippen molar-refractivity contribution < 1.29 is 4.39 Å². The lowest BCUT2D eigenvalue weighted by Crippen LogP contribution is -2.31. The molecule has 3 rings (SSSR count). The number of nitriles is 1. The Morgan fingerprint density at radius 1 is 1.05 bits per heavy atom. The summed E-state index contributed by atoms with van der Waals surface area (Å²) in [5.41, 5.74) is 0.953. The minimum Gasteiger partial charge on any atom is -0.367 e. The van der Waals surface area contributed by atoms with E-state index in [0.29, 0.717) is 23.7 Å². The van der Waals surface area contributed by atoms with Crippen LogP contribution in [-0.4, -0.2) is 36.1 Å². The van der Waals surface area contributed by atoms with Crippen LogP contribution in [0.3, 0.4) is 0 Å². The number of benzene rings is 1. The maximum atomic E-state index is 13.9. The van der Waals surface area contributed by atoms with Crippen molar-refractivity contribution in [2.75, 3.05) is 36.0 Å². The Balaban J connectivity index is 1.75. The largest absolute Gasteiger partial charge is 0.367 e. The van der Waals surface area contributed by atoms with Crippen LogP contribution in [0.5, 0.6) is 0 Å². The molecule has 2 aromatic rings. The Morgan fingerprint density at radius 2 is 1.82 bits per heavy atom. The molecule has 0 atom stereocenters. The average Bonchev–Trinajstić information content (AvgIpc) is 2.81. The van der Waals surface area contributed by atoms with Crippen LogP contribution in [0.2, 0.25) is 0 Å². The first-order chi connectivity index (χ1) is 10.8. The summed E-state index contributed by atoms with van der Waals surface area (Å²) in [6.07, 6.45) is 4.01. The number of anilines is 2. The van der Waals surface area contributed by atoms with Crippen LogP contribution in [0.25, 0.3) is 0 Å². The van der Waals surface area contributed by atoms with Crippen molar-refractivity contribution in [1.82, 2.24) is 9.97 Å². The summed E-state index contributed by atoms with van der Waals surface area (Å²) in [7, 11) is 0. The second kappa shape index (κ2) is 6.39. The number of rotatable bonds is 2. The maximum absolute atomic E-state index is 13.9. The zero-order valence-corrected chi connectivity index (χ0v) is 12.1. The molecule has 22 heavy (non-hydrogen) atoms. The van der Waals surface area contributed by atoms with E-state index in [0.717, 1.165) is 26.1 Å². The highest BCUT2D eigenvalue weighted by Crippen LogP contribution is 2.21. The molecule has 1 aromatic heterocycles. The molecular formula is C16H16FN5.